The Morgan fingerprint density at radius 3 is 2.82 bits per heavy atom. The van der Waals surface area contributed by atoms with Crippen LogP contribution in [-0.4, -0.2) is 20.4 Å². The average molecular weight is 374 g/mol. The minimum atomic E-state index is -0.267. The zero-order chi connectivity index (χ0) is 19.8. The van der Waals surface area contributed by atoms with E-state index in [1.165, 1.54) is 10.9 Å². The number of hydrogen-bond acceptors (Lipinski definition) is 3. The van der Waals surface area contributed by atoms with E-state index in [0.717, 1.165) is 27.7 Å². The third kappa shape index (κ3) is 3.29. The van der Waals surface area contributed by atoms with Crippen molar-refractivity contribution < 1.29 is 4.79 Å². The molecule has 0 aliphatic carbocycles. The van der Waals surface area contributed by atoms with Crippen molar-refractivity contribution >= 4 is 33.5 Å². The lowest BCUT2D eigenvalue weighted by atomic mass is 10.0. The molecule has 0 unspecified atom stereocenters. The standard InChI is InChI=1S/C22H22N4O2/c1-13(2)15-5-4-6-16(10-15)24-19(27)11-26-12-23-20-17-9-14(3)7-8-18(17)25-21(20)22(26)28/h4-10,12-13,25H,11H2,1-3H3,(H,24,27). The predicted molar refractivity (Wildman–Crippen MR) is 112 cm³/mol. The monoisotopic (exact) mass is 374 g/mol. The molecule has 6 nitrogen and oxygen atoms in total. The number of carbonyl (C=O) groups excluding carboxylic acids is 1. The molecule has 2 heterocycles. The lowest BCUT2D eigenvalue weighted by Crippen LogP contribution is -2.28. The van der Waals surface area contributed by atoms with Crippen molar-refractivity contribution in [2.45, 2.75) is 33.2 Å². The third-order valence-corrected chi connectivity index (χ3v) is 4.88. The van der Waals surface area contributed by atoms with Crippen molar-refractivity contribution in [1.82, 2.24) is 14.5 Å². The number of aromatic amines is 1. The van der Waals surface area contributed by atoms with E-state index in [1.807, 2.05) is 49.4 Å². The summed E-state index contributed by atoms with van der Waals surface area (Å²) in [5, 5.41) is 3.77. The van der Waals surface area contributed by atoms with Crippen LogP contribution in [-0.2, 0) is 11.3 Å². The molecule has 0 atom stereocenters. The summed E-state index contributed by atoms with van der Waals surface area (Å²) in [6.07, 6.45) is 1.43. The van der Waals surface area contributed by atoms with Gasteiger partial charge in [0.1, 0.15) is 17.6 Å². The van der Waals surface area contributed by atoms with E-state index in [9.17, 15) is 9.59 Å². The first-order valence-electron chi connectivity index (χ1n) is 9.29. The van der Waals surface area contributed by atoms with Crippen LogP contribution in [0.15, 0.2) is 53.6 Å². The van der Waals surface area contributed by atoms with E-state index >= 15 is 0 Å². The molecular weight excluding hydrogens is 352 g/mol. The molecule has 4 aromatic rings. The summed E-state index contributed by atoms with van der Waals surface area (Å²) in [4.78, 5) is 32.8. The highest BCUT2D eigenvalue weighted by Gasteiger charge is 2.13. The number of nitrogens with one attached hydrogen (secondary N) is 2. The quantitative estimate of drug-likeness (QED) is 0.568. The number of aryl methyl sites for hydroxylation is 1. The van der Waals surface area contributed by atoms with E-state index in [-0.39, 0.29) is 18.0 Å². The van der Waals surface area contributed by atoms with E-state index in [0.29, 0.717) is 17.0 Å². The van der Waals surface area contributed by atoms with Crippen LogP contribution in [0.2, 0.25) is 0 Å². The molecule has 4 rings (SSSR count). The fraction of sp³-hybridized carbons (Fsp3) is 0.227. The number of aromatic nitrogens is 3. The van der Waals surface area contributed by atoms with Crippen molar-refractivity contribution in [1.29, 1.82) is 0 Å². The highest BCUT2D eigenvalue weighted by molar-refractivity contribution is 6.04. The number of rotatable bonds is 4. The SMILES string of the molecule is Cc1ccc2[nH]c3c(=O)n(CC(=O)Nc4cccc(C(C)C)c4)cnc3c2c1. The maximum absolute atomic E-state index is 12.8. The Morgan fingerprint density at radius 1 is 1.21 bits per heavy atom. The van der Waals surface area contributed by atoms with Gasteiger partial charge in [0.2, 0.25) is 5.91 Å². The summed E-state index contributed by atoms with van der Waals surface area (Å²) in [7, 11) is 0. The summed E-state index contributed by atoms with van der Waals surface area (Å²) < 4.78 is 1.33. The molecular formula is C22H22N4O2. The fourth-order valence-electron chi connectivity index (χ4n) is 3.35. The van der Waals surface area contributed by atoms with Gasteiger partial charge in [0.05, 0.1) is 6.33 Å². The molecule has 0 aliphatic heterocycles. The van der Waals surface area contributed by atoms with Crippen molar-refractivity contribution in [3.63, 3.8) is 0 Å². The Labute approximate surface area is 162 Å². The second-order valence-corrected chi connectivity index (χ2v) is 7.40. The summed E-state index contributed by atoms with van der Waals surface area (Å²) in [6, 6.07) is 13.7. The molecule has 2 N–H and O–H groups in total. The van der Waals surface area contributed by atoms with Gasteiger partial charge in [0.15, 0.2) is 0 Å². The highest BCUT2D eigenvalue weighted by atomic mass is 16.2. The van der Waals surface area contributed by atoms with Crippen molar-refractivity contribution in [2.24, 2.45) is 0 Å². The van der Waals surface area contributed by atoms with Crippen LogP contribution in [0.4, 0.5) is 5.69 Å². The van der Waals surface area contributed by atoms with E-state index in [2.05, 4.69) is 29.1 Å². The van der Waals surface area contributed by atoms with Gasteiger partial charge in [-0.25, -0.2) is 4.98 Å². The Bertz CT molecular complexity index is 1250. The summed E-state index contributed by atoms with van der Waals surface area (Å²) in [5.74, 6) is 0.104. The maximum atomic E-state index is 12.8. The number of hydrogen-bond donors (Lipinski definition) is 2. The number of nitrogens with zero attached hydrogens (tertiary/aromatic N) is 2. The average Bonchev–Trinajstić information content (AvgIpc) is 3.03. The molecule has 2 aromatic carbocycles. The van der Waals surface area contributed by atoms with E-state index in [4.69, 9.17) is 0 Å². The molecule has 28 heavy (non-hydrogen) atoms. The molecule has 0 saturated heterocycles. The third-order valence-electron chi connectivity index (χ3n) is 4.88. The second kappa shape index (κ2) is 6.96. The van der Waals surface area contributed by atoms with Gasteiger partial charge in [-0.2, -0.15) is 0 Å². The van der Waals surface area contributed by atoms with Gasteiger partial charge in [-0.1, -0.05) is 37.6 Å². The maximum Gasteiger partial charge on any atom is 0.278 e. The zero-order valence-electron chi connectivity index (χ0n) is 16.1. The van der Waals surface area contributed by atoms with Gasteiger partial charge >= 0.3 is 0 Å². The van der Waals surface area contributed by atoms with Gasteiger partial charge in [-0.3, -0.25) is 14.2 Å². The largest absolute Gasteiger partial charge is 0.349 e. The molecule has 0 saturated carbocycles. The number of H-pyrrole nitrogens is 1. The van der Waals surface area contributed by atoms with Crippen LogP contribution in [0.3, 0.4) is 0 Å². The molecule has 0 radical (unpaired) electrons. The van der Waals surface area contributed by atoms with Crippen LogP contribution in [0.25, 0.3) is 21.9 Å². The summed E-state index contributed by atoms with van der Waals surface area (Å²) >= 11 is 0. The molecule has 2 aromatic heterocycles. The topological polar surface area (TPSA) is 79.8 Å². The van der Waals surface area contributed by atoms with Crippen molar-refractivity contribution in [3.8, 4) is 0 Å². The molecule has 6 heteroatoms. The summed E-state index contributed by atoms with van der Waals surface area (Å²) in [5.41, 5.74) is 4.61. The molecule has 0 fully saturated rings. The molecule has 0 bridgehead atoms. The number of amides is 1. The minimum Gasteiger partial charge on any atom is -0.349 e. The first-order valence-corrected chi connectivity index (χ1v) is 9.29. The lowest BCUT2D eigenvalue weighted by molar-refractivity contribution is -0.116. The van der Waals surface area contributed by atoms with Gasteiger partial charge in [-0.15, -0.1) is 0 Å². The van der Waals surface area contributed by atoms with Gasteiger partial charge < -0.3 is 10.3 Å². The van der Waals surface area contributed by atoms with Crippen LogP contribution < -0.4 is 10.9 Å². The lowest BCUT2D eigenvalue weighted by Gasteiger charge is -2.10. The number of anilines is 1. The van der Waals surface area contributed by atoms with E-state index in [1.54, 1.807) is 0 Å². The van der Waals surface area contributed by atoms with Crippen molar-refractivity contribution in [3.05, 3.63) is 70.3 Å². The Balaban J connectivity index is 1.62. The van der Waals surface area contributed by atoms with E-state index < -0.39 is 0 Å². The van der Waals surface area contributed by atoms with Crippen LogP contribution in [0, 0.1) is 6.92 Å². The van der Waals surface area contributed by atoms with Gasteiger partial charge in [-0.05, 0) is 42.7 Å². The molecule has 0 aliphatic rings. The first-order chi connectivity index (χ1) is 13.4. The Kier molecular flexibility index (Phi) is 4.47. The molecule has 1 amide bonds. The zero-order valence-corrected chi connectivity index (χ0v) is 16.1. The summed E-state index contributed by atoms with van der Waals surface area (Å²) in [6.45, 7) is 6.10. The second-order valence-electron chi connectivity index (χ2n) is 7.40. The van der Waals surface area contributed by atoms with Crippen LogP contribution in [0.5, 0.6) is 0 Å². The van der Waals surface area contributed by atoms with Gasteiger partial charge in [0, 0.05) is 16.6 Å². The van der Waals surface area contributed by atoms with Crippen molar-refractivity contribution in [2.75, 3.05) is 5.32 Å². The smallest absolute Gasteiger partial charge is 0.278 e. The highest BCUT2D eigenvalue weighted by Crippen LogP contribution is 2.22. The minimum absolute atomic E-state index is 0.0952. The van der Waals surface area contributed by atoms with Crippen LogP contribution in [0.1, 0.15) is 30.9 Å². The number of benzene rings is 2. The van der Waals surface area contributed by atoms with Crippen LogP contribution >= 0.6 is 0 Å². The fourth-order valence-corrected chi connectivity index (χ4v) is 3.35. The molecule has 0 spiro atoms. The number of fused-ring (bicyclic) bond motifs is 3. The molecule has 142 valence electrons. The Morgan fingerprint density at radius 2 is 2.04 bits per heavy atom. The Hall–Kier alpha value is -3.41. The number of carbonyl (C=O) groups is 1. The first kappa shape index (κ1) is 18.0. The normalized spacial score (nSPS) is 11.4. The predicted octanol–water partition coefficient (Wildman–Crippen LogP) is 3.95. The van der Waals surface area contributed by atoms with Gasteiger partial charge in [0.25, 0.3) is 5.56 Å².